The lowest BCUT2D eigenvalue weighted by molar-refractivity contribution is -0.155. The van der Waals surface area contributed by atoms with E-state index in [-0.39, 0.29) is 12.5 Å². The molecule has 3 aromatic rings. The van der Waals surface area contributed by atoms with Crippen molar-refractivity contribution in [2.45, 2.75) is 77.0 Å². The van der Waals surface area contributed by atoms with Crippen LogP contribution in [0, 0.1) is 0 Å². The Morgan fingerprint density at radius 2 is 1.78 bits per heavy atom. The van der Waals surface area contributed by atoms with Crippen LogP contribution in [0.4, 0.5) is 4.79 Å². The van der Waals surface area contributed by atoms with E-state index in [4.69, 9.17) is 32.8 Å². The molecular weight excluding hydrogens is 501 g/mol. The van der Waals surface area contributed by atoms with E-state index >= 15 is 0 Å². The Balaban J connectivity index is 1.41. The monoisotopic (exact) mass is 529 g/mol. The Bertz CT molecular complexity index is 1260. The first-order chi connectivity index (χ1) is 17.2. The van der Waals surface area contributed by atoms with E-state index in [1.54, 1.807) is 32.0 Å². The predicted molar refractivity (Wildman–Crippen MR) is 136 cm³/mol. The number of aromatic nitrogens is 4. The van der Waals surface area contributed by atoms with Gasteiger partial charge in [0.1, 0.15) is 11.4 Å². The van der Waals surface area contributed by atoms with Crippen molar-refractivity contribution in [1.29, 1.82) is 0 Å². The molecule has 0 spiro atoms. The Morgan fingerprint density at radius 1 is 1.03 bits per heavy atom. The number of nitrogens with zero attached hydrogens (tertiary/aromatic N) is 5. The number of hydrogen-bond acceptors (Lipinski definition) is 7. The number of hydroxylamine groups is 2. The zero-order valence-electron chi connectivity index (χ0n) is 20.6. The highest BCUT2D eigenvalue weighted by Crippen LogP contribution is 2.42. The standard InChI is InChI=1S/C26H29Cl2N5O3/c1-26(2,3)35-25(34)36-32-14-18-13-19(27)10-11-21(18)33-22(15-32)30-31-24(33)17-8-6-16(7-9-17)23-20(28)5-4-12-29-23/h4-5,10-13,16-17H,6-9,14-15H2,1-3H3. The van der Waals surface area contributed by atoms with Gasteiger partial charge in [0.25, 0.3) is 0 Å². The van der Waals surface area contributed by atoms with Crippen LogP contribution in [0.2, 0.25) is 10.0 Å². The molecule has 0 amide bonds. The average molecular weight is 530 g/mol. The van der Waals surface area contributed by atoms with Crippen LogP contribution in [0.1, 0.15) is 81.2 Å². The van der Waals surface area contributed by atoms with Crippen LogP contribution in [0.5, 0.6) is 0 Å². The molecule has 0 bridgehead atoms. The van der Waals surface area contributed by atoms with Crippen molar-refractivity contribution in [3.05, 3.63) is 69.5 Å². The van der Waals surface area contributed by atoms with Gasteiger partial charge in [-0.2, -0.15) is 0 Å². The second-order valence-corrected chi connectivity index (χ2v) is 11.2. The molecule has 3 heterocycles. The molecule has 190 valence electrons. The van der Waals surface area contributed by atoms with Gasteiger partial charge in [-0.1, -0.05) is 23.2 Å². The molecule has 8 nitrogen and oxygen atoms in total. The molecule has 36 heavy (non-hydrogen) atoms. The van der Waals surface area contributed by atoms with E-state index in [1.807, 2.05) is 30.3 Å². The number of benzene rings is 1. The van der Waals surface area contributed by atoms with Gasteiger partial charge in [-0.05, 0) is 82.3 Å². The second-order valence-electron chi connectivity index (χ2n) is 10.4. The average Bonchev–Trinajstić information content (AvgIpc) is 3.15. The van der Waals surface area contributed by atoms with Gasteiger partial charge in [-0.25, -0.2) is 4.79 Å². The molecule has 1 aliphatic carbocycles. The number of ether oxygens (including phenoxy) is 1. The number of carbonyl (C=O) groups is 1. The molecule has 1 saturated carbocycles. The first-order valence-electron chi connectivity index (χ1n) is 12.2. The van der Waals surface area contributed by atoms with Crippen molar-refractivity contribution in [2.24, 2.45) is 0 Å². The minimum Gasteiger partial charge on any atom is -0.427 e. The van der Waals surface area contributed by atoms with Gasteiger partial charge in [0, 0.05) is 23.1 Å². The third-order valence-corrected chi connectivity index (χ3v) is 7.12. The fraction of sp³-hybridized carbons (Fsp3) is 0.462. The lowest BCUT2D eigenvalue weighted by Crippen LogP contribution is -2.31. The summed E-state index contributed by atoms with van der Waals surface area (Å²) >= 11 is 12.8. The van der Waals surface area contributed by atoms with Gasteiger partial charge in [-0.3, -0.25) is 9.55 Å². The molecule has 0 N–H and O–H groups in total. The number of fused-ring (bicyclic) bond motifs is 3. The summed E-state index contributed by atoms with van der Waals surface area (Å²) < 4.78 is 7.45. The zero-order chi connectivity index (χ0) is 25.4. The van der Waals surface area contributed by atoms with E-state index in [9.17, 15) is 4.79 Å². The Labute approximate surface area is 220 Å². The minimum atomic E-state index is -0.759. The topological polar surface area (TPSA) is 82.4 Å². The zero-order valence-corrected chi connectivity index (χ0v) is 22.1. The van der Waals surface area contributed by atoms with Gasteiger partial charge in [-0.15, -0.1) is 15.3 Å². The highest BCUT2D eigenvalue weighted by atomic mass is 35.5. The van der Waals surface area contributed by atoms with Crippen molar-refractivity contribution in [1.82, 2.24) is 24.8 Å². The summed E-state index contributed by atoms with van der Waals surface area (Å²) in [5.41, 5.74) is 2.18. The second kappa shape index (κ2) is 10.00. The summed E-state index contributed by atoms with van der Waals surface area (Å²) in [6, 6.07) is 9.49. The third kappa shape index (κ3) is 5.36. The highest BCUT2D eigenvalue weighted by molar-refractivity contribution is 6.31. The summed E-state index contributed by atoms with van der Waals surface area (Å²) in [6.07, 6.45) is 4.91. The summed E-state index contributed by atoms with van der Waals surface area (Å²) in [7, 11) is 0. The van der Waals surface area contributed by atoms with E-state index in [2.05, 4.69) is 19.7 Å². The molecule has 2 aliphatic rings. The normalized spacial score (nSPS) is 20.2. The third-order valence-electron chi connectivity index (χ3n) is 6.56. The maximum absolute atomic E-state index is 12.4. The van der Waals surface area contributed by atoms with Gasteiger partial charge in [0.15, 0.2) is 5.82 Å². The van der Waals surface area contributed by atoms with Crippen molar-refractivity contribution >= 4 is 29.4 Å². The highest BCUT2D eigenvalue weighted by Gasteiger charge is 2.33. The van der Waals surface area contributed by atoms with Crippen LogP contribution in [-0.2, 0) is 22.7 Å². The molecule has 0 radical (unpaired) electrons. The largest absolute Gasteiger partial charge is 0.528 e. The van der Waals surface area contributed by atoms with Crippen molar-refractivity contribution < 1.29 is 14.4 Å². The minimum absolute atomic E-state index is 0.242. The fourth-order valence-electron chi connectivity index (χ4n) is 5.02. The van der Waals surface area contributed by atoms with Gasteiger partial charge in [0.05, 0.1) is 29.5 Å². The lowest BCUT2D eigenvalue weighted by Gasteiger charge is -2.28. The van der Waals surface area contributed by atoms with Gasteiger partial charge >= 0.3 is 6.16 Å². The summed E-state index contributed by atoms with van der Waals surface area (Å²) in [6.45, 7) is 6.02. The van der Waals surface area contributed by atoms with Crippen LogP contribution in [0.3, 0.4) is 0 Å². The number of rotatable bonds is 3. The smallest absolute Gasteiger partial charge is 0.427 e. The number of halogens is 2. The summed E-state index contributed by atoms with van der Waals surface area (Å²) in [5, 5.41) is 12.0. The maximum Gasteiger partial charge on any atom is 0.528 e. The van der Waals surface area contributed by atoms with E-state index < -0.39 is 11.8 Å². The van der Waals surface area contributed by atoms with E-state index in [0.29, 0.717) is 23.3 Å². The summed E-state index contributed by atoms with van der Waals surface area (Å²) in [4.78, 5) is 22.5. The molecule has 0 unspecified atom stereocenters. The molecule has 1 aliphatic heterocycles. The quantitative estimate of drug-likeness (QED) is 0.353. The van der Waals surface area contributed by atoms with E-state index in [0.717, 1.165) is 53.5 Å². The first-order valence-corrected chi connectivity index (χ1v) is 12.9. The van der Waals surface area contributed by atoms with Crippen molar-refractivity contribution in [3.63, 3.8) is 0 Å². The number of hydrogen-bond donors (Lipinski definition) is 0. The van der Waals surface area contributed by atoms with Crippen LogP contribution in [0.25, 0.3) is 5.69 Å². The molecule has 2 aromatic heterocycles. The van der Waals surface area contributed by atoms with Crippen molar-refractivity contribution in [3.8, 4) is 5.69 Å². The van der Waals surface area contributed by atoms with Crippen LogP contribution in [0.15, 0.2) is 36.5 Å². The summed E-state index contributed by atoms with van der Waals surface area (Å²) in [5.74, 6) is 2.19. The van der Waals surface area contributed by atoms with Gasteiger partial charge in [0.2, 0.25) is 0 Å². The molecular formula is C26H29Cl2N5O3. The molecule has 5 rings (SSSR count). The van der Waals surface area contributed by atoms with E-state index in [1.165, 1.54) is 0 Å². The van der Waals surface area contributed by atoms with Gasteiger partial charge < -0.3 is 9.57 Å². The molecule has 10 heteroatoms. The molecule has 1 fully saturated rings. The Morgan fingerprint density at radius 3 is 2.50 bits per heavy atom. The molecule has 0 saturated heterocycles. The van der Waals surface area contributed by atoms with Crippen LogP contribution < -0.4 is 0 Å². The first kappa shape index (κ1) is 25.0. The Kier molecular flexibility index (Phi) is 6.94. The molecule has 1 aromatic carbocycles. The maximum atomic E-state index is 12.4. The predicted octanol–water partition coefficient (Wildman–Crippen LogP) is 6.59. The number of carbonyl (C=O) groups excluding carboxylic acids is 1. The lowest BCUT2D eigenvalue weighted by atomic mass is 9.80. The van der Waals surface area contributed by atoms with Crippen molar-refractivity contribution in [2.75, 3.05) is 0 Å². The number of pyridine rings is 1. The molecule has 0 atom stereocenters. The van der Waals surface area contributed by atoms with Crippen LogP contribution >= 0.6 is 23.2 Å². The SMILES string of the molecule is CC(C)(C)OC(=O)ON1Cc2cc(Cl)ccc2-n2c(nnc2C2CCC(c3ncccc3Cl)CC2)C1. The Hall–Kier alpha value is -2.68. The van der Waals surface area contributed by atoms with Crippen LogP contribution in [-0.4, -0.2) is 36.6 Å². The fourth-order valence-corrected chi connectivity index (χ4v) is 5.49.